The van der Waals surface area contributed by atoms with Crippen molar-refractivity contribution in [3.63, 3.8) is 0 Å². The average Bonchev–Trinajstić information content (AvgIpc) is 1.98. The van der Waals surface area contributed by atoms with E-state index in [1.165, 1.54) is 4.90 Å². The smallest absolute Gasteiger partial charge is 0.413 e. The van der Waals surface area contributed by atoms with Crippen molar-refractivity contribution >= 4 is 6.09 Å². The molecule has 0 N–H and O–H groups in total. The van der Waals surface area contributed by atoms with Crippen LogP contribution in [0.25, 0.3) is 0 Å². The van der Waals surface area contributed by atoms with Gasteiger partial charge >= 0.3 is 6.09 Å². The number of carbonyl (C=O) groups is 1. The van der Waals surface area contributed by atoms with E-state index in [1.54, 1.807) is 7.05 Å². The Labute approximate surface area is 53.9 Å². The number of rotatable bonds is 0. The fourth-order valence-corrected chi connectivity index (χ4v) is 0.644. The van der Waals surface area contributed by atoms with Crippen molar-refractivity contribution in [1.29, 1.82) is 0 Å². The van der Waals surface area contributed by atoms with Gasteiger partial charge in [0.25, 0.3) is 0 Å². The number of hydrogen-bond donors (Lipinski definition) is 0. The molecule has 1 saturated heterocycles. The van der Waals surface area contributed by atoms with Gasteiger partial charge in [-0.2, -0.15) is 0 Å². The number of nitrogens with zero attached hydrogens (tertiary/aromatic N) is 1. The van der Waals surface area contributed by atoms with Gasteiger partial charge in [-0.1, -0.05) is 6.58 Å². The molecule has 0 bridgehead atoms. The topological polar surface area (TPSA) is 29.5 Å². The van der Waals surface area contributed by atoms with Crippen molar-refractivity contribution in [2.45, 2.75) is 13.0 Å². The summed E-state index contributed by atoms with van der Waals surface area (Å²) in [4.78, 5) is 12.1. The molecule has 1 heterocycles. The maximum atomic E-state index is 10.6. The Morgan fingerprint density at radius 1 is 1.78 bits per heavy atom. The molecule has 1 aliphatic rings. The van der Waals surface area contributed by atoms with E-state index in [0.29, 0.717) is 5.76 Å². The third kappa shape index (κ3) is 0.781. The number of hydrogen-bond acceptors (Lipinski definition) is 2. The SMILES string of the molecule is C=C1OC(=O)N(C)C1C. The zero-order valence-electron chi connectivity index (χ0n) is 5.55. The molecule has 0 aromatic rings. The molecule has 0 spiro atoms. The van der Waals surface area contributed by atoms with Crippen molar-refractivity contribution in [1.82, 2.24) is 4.90 Å². The predicted octanol–water partition coefficient (Wildman–Crippen LogP) is 0.971. The highest BCUT2D eigenvalue weighted by atomic mass is 16.6. The van der Waals surface area contributed by atoms with Crippen LogP contribution in [-0.4, -0.2) is 24.1 Å². The summed E-state index contributed by atoms with van der Waals surface area (Å²) in [6.07, 6.45) is -0.312. The van der Waals surface area contributed by atoms with E-state index in [9.17, 15) is 4.79 Å². The Balaban J connectivity index is 2.77. The van der Waals surface area contributed by atoms with Crippen LogP contribution in [-0.2, 0) is 4.74 Å². The number of ether oxygens (including phenoxy) is 1. The summed E-state index contributed by atoms with van der Waals surface area (Å²) in [6, 6.07) is 0.0255. The van der Waals surface area contributed by atoms with Gasteiger partial charge < -0.3 is 9.64 Å². The highest BCUT2D eigenvalue weighted by molar-refractivity contribution is 5.72. The van der Waals surface area contributed by atoms with Crippen LogP contribution in [0, 0.1) is 0 Å². The monoisotopic (exact) mass is 127 g/mol. The minimum Gasteiger partial charge on any atom is -0.413 e. The van der Waals surface area contributed by atoms with E-state index in [4.69, 9.17) is 0 Å². The van der Waals surface area contributed by atoms with E-state index in [-0.39, 0.29) is 12.1 Å². The summed E-state index contributed by atoms with van der Waals surface area (Å²) in [6.45, 7) is 5.42. The first-order chi connectivity index (χ1) is 4.13. The molecule has 3 nitrogen and oxygen atoms in total. The van der Waals surface area contributed by atoms with Crippen molar-refractivity contribution in [2.24, 2.45) is 0 Å². The average molecular weight is 127 g/mol. The van der Waals surface area contributed by atoms with Gasteiger partial charge in [0.2, 0.25) is 0 Å². The molecule has 1 atom stereocenters. The third-order valence-corrected chi connectivity index (χ3v) is 1.55. The van der Waals surface area contributed by atoms with Crippen LogP contribution in [0.2, 0.25) is 0 Å². The zero-order chi connectivity index (χ0) is 7.02. The van der Waals surface area contributed by atoms with E-state index in [2.05, 4.69) is 11.3 Å². The van der Waals surface area contributed by atoms with Crippen molar-refractivity contribution in [3.05, 3.63) is 12.3 Å². The Morgan fingerprint density at radius 3 is 2.44 bits per heavy atom. The molecule has 0 radical (unpaired) electrons. The van der Waals surface area contributed by atoms with Gasteiger partial charge in [-0.3, -0.25) is 0 Å². The highest BCUT2D eigenvalue weighted by Gasteiger charge is 2.29. The minimum absolute atomic E-state index is 0.0255. The number of likely N-dealkylation sites (N-methyl/N-ethyl adjacent to an activating group) is 1. The van der Waals surface area contributed by atoms with Crippen LogP contribution in [0.1, 0.15) is 6.92 Å². The maximum absolute atomic E-state index is 10.6. The Morgan fingerprint density at radius 2 is 2.33 bits per heavy atom. The Hall–Kier alpha value is -0.990. The normalized spacial score (nSPS) is 26.9. The molecular formula is C6H9NO2. The van der Waals surface area contributed by atoms with Crippen molar-refractivity contribution in [2.75, 3.05) is 7.05 Å². The Bertz CT molecular complexity index is 146. The summed E-state index contributed by atoms with van der Waals surface area (Å²) >= 11 is 0. The van der Waals surface area contributed by atoms with E-state index in [0.717, 1.165) is 0 Å². The molecule has 1 aliphatic heterocycles. The quantitative estimate of drug-likeness (QED) is 0.485. The fourth-order valence-electron chi connectivity index (χ4n) is 0.644. The first kappa shape index (κ1) is 6.13. The largest absolute Gasteiger partial charge is 0.415 e. The van der Waals surface area contributed by atoms with E-state index < -0.39 is 0 Å². The van der Waals surface area contributed by atoms with Crippen LogP contribution in [0.3, 0.4) is 0 Å². The molecule has 50 valence electrons. The second-order valence-electron chi connectivity index (χ2n) is 2.12. The molecule has 0 aromatic carbocycles. The number of amides is 1. The van der Waals surface area contributed by atoms with Gasteiger partial charge in [0.15, 0.2) is 0 Å². The molecule has 0 saturated carbocycles. The first-order valence-electron chi connectivity index (χ1n) is 2.76. The highest BCUT2D eigenvalue weighted by Crippen LogP contribution is 2.17. The van der Waals surface area contributed by atoms with E-state index in [1.807, 2.05) is 6.92 Å². The summed E-state index contributed by atoms with van der Waals surface area (Å²) < 4.78 is 4.68. The molecule has 0 aliphatic carbocycles. The molecular weight excluding hydrogens is 118 g/mol. The second-order valence-corrected chi connectivity index (χ2v) is 2.12. The lowest BCUT2D eigenvalue weighted by atomic mass is 10.3. The van der Waals surface area contributed by atoms with Crippen LogP contribution in [0.15, 0.2) is 12.3 Å². The minimum atomic E-state index is -0.312. The fraction of sp³-hybridized carbons (Fsp3) is 0.500. The molecule has 0 aromatic heterocycles. The first-order valence-corrected chi connectivity index (χ1v) is 2.76. The van der Waals surface area contributed by atoms with Crippen LogP contribution in [0.5, 0.6) is 0 Å². The van der Waals surface area contributed by atoms with Gasteiger partial charge in [0.1, 0.15) is 5.76 Å². The van der Waals surface area contributed by atoms with Crippen LogP contribution in [0.4, 0.5) is 4.79 Å². The summed E-state index contributed by atoms with van der Waals surface area (Å²) in [5, 5.41) is 0. The maximum Gasteiger partial charge on any atom is 0.415 e. The number of cyclic esters (lactones) is 1. The van der Waals surface area contributed by atoms with Crippen molar-refractivity contribution < 1.29 is 9.53 Å². The molecule has 1 fully saturated rings. The lowest BCUT2D eigenvalue weighted by Crippen LogP contribution is -2.25. The molecule has 1 rings (SSSR count). The summed E-state index contributed by atoms with van der Waals surface area (Å²) in [5.74, 6) is 0.530. The van der Waals surface area contributed by atoms with Crippen LogP contribution >= 0.6 is 0 Å². The number of carbonyl (C=O) groups excluding carboxylic acids is 1. The van der Waals surface area contributed by atoms with Gasteiger partial charge in [-0.25, -0.2) is 4.79 Å². The zero-order valence-corrected chi connectivity index (χ0v) is 5.55. The standard InChI is InChI=1S/C6H9NO2/c1-4-5(2)9-6(8)7(4)3/h4H,2H2,1,3H3. The van der Waals surface area contributed by atoms with Gasteiger partial charge in [-0.05, 0) is 6.92 Å². The lowest BCUT2D eigenvalue weighted by Gasteiger charge is -2.08. The van der Waals surface area contributed by atoms with Gasteiger partial charge in [0.05, 0.1) is 6.04 Å². The van der Waals surface area contributed by atoms with Gasteiger partial charge in [-0.15, -0.1) is 0 Å². The predicted molar refractivity (Wildman–Crippen MR) is 32.8 cm³/mol. The van der Waals surface area contributed by atoms with Crippen LogP contribution < -0.4 is 0 Å². The van der Waals surface area contributed by atoms with Crippen molar-refractivity contribution in [3.8, 4) is 0 Å². The summed E-state index contributed by atoms with van der Waals surface area (Å²) in [5.41, 5.74) is 0. The third-order valence-electron chi connectivity index (χ3n) is 1.55. The summed E-state index contributed by atoms with van der Waals surface area (Å²) in [7, 11) is 1.69. The second kappa shape index (κ2) is 1.76. The Kier molecular flexibility index (Phi) is 1.20. The molecule has 1 amide bonds. The van der Waals surface area contributed by atoms with E-state index >= 15 is 0 Å². The molecule has 1 unspecified atom stereocenters. The van der Waals surface area contributed by atoms with Gasteiger partial charge in [0, 0.05) is 7.05 Å². The molecule has 9 heavy (non-hydrogen) atoms. The molecule has 3 heteroatoms. The lowest BCUT2D eigenvalue weighted by molar-refractivity contribution is 0.173.